The van der Waals surface area contributed by atoms with Crippen molar-refractivity contribution in [1.29, 1.82) is 0 Å². The van der Waals surface area contributed by atoms with Crippen molar-refractivity contribution in [3.8, 4) is 0 Å². The van der Waals surface area contributed by atoms with Crippen LogP contribution in [0.15, 0.2) is 17.2 Å². The minimum absolute atomic E-state index is 0.0184. The lowest BCUT2D eigenvalue weighted by molar-refractivity contribution is -0.139. The minimum Gasteiger partial charge on any atom is -0.368 e. The molecule has 0 bridgehead atoms. The molecule has 0 aromatic carbocycles. The van der Waals surface area contributed by atoms with Crippen LogP contribution < -0.4 is 15.8 Å². The molecule has 35 heavy (non-hydrogen) atoms. The number of carbonyl (C=O) groups excluding carboxylic acids is 1. The van der Waals surface area contributed by atoms with E-state index in [-0.39, 0.29) is 42.8 Å². The molecule has 0 spiro atoms. The van der Waals surface area contributed by atoms with Crippen molar-refractivity contribution in [2.45, 2.75) is 50.2 Å². The number of H-pyrrole nitrogens is 1. The van der Waals surface area contributed by atoms with Gasteiger partial charge in [-0.05, 0) is 31.2 Å². The number of carbonyl (C=O) groups is 1. The summed E-state index contributed by atoms with van der Waals surface area (Å²) in [6.07, 6.45) is -7.14. The van der Waals surface area contributed by atoms with Gasteiger partial charge in [-0.2, -0.15) is 31.4 Å². The number of nitrogens with one attached hydrogen (secondary N) is 2. The largest absolute Gasteiger partial charge is 0.422 e. The average Bonchev–Trinajstić information content (AvgIpc) is 3.18. The smallest absolute Gasteiger partial charge is 0.368 e. The Morgan fingerprint density at radius 3 is 2.34 bits per heavy atom. The zero-order valence-corrected chi connectivity index (χ0v) is 18.0. The van der Waals surface area contributed by atoms with Crippen LogP contribution in [0, 0.1) is 0 Å². The maximum atomic E-state index is 13.2. The van der Waals surface area contributed by atoms with E-state index in [2.05, 4.69) is 20.4 Å². The second-order valence-corrected chi connectivity index (χ2v) is 8.21. The molecule has 0 saturated carbocycles. The highest BCUT2D eigenvalue weighted by molar-refractivity contribution is 5.77. The highest BCUT2D eigenvalue weighted by atomic mass is 19.4. The van der Waals surface area contributed by atoms with Crippen molar-refractivity contribution < 1.29 is 35.9 Å². The van der Waals surface area contributed by atoms with Crippen LogP contribution >= 0.6 is 0 Å². The second-order valence-electron chi connectivity index (χ2n) is 8.21. The number of amides is 1. The number of hydrogen-bond donors (Lipinski definition) is 2. The number of alkyl halides is 6. The third kappa shape index (κ3) is 5.55. The second kappa shape index (κ2) is 9.43. The molecule has 1 aliphatic heterocycles. The lowest BCUT2D eigenvalue weighted by Crippen LogP contribution is -2.40. The van der Waals surface area contributed by atoms with Crippen molar-refractivity contribution in [3.63, 3.8) is 0 Å². The predicted octanol–water partition coefficient (Wildman–Crippen LogP) is 2.39. The molecular weight excluding hydrogens is 486 g/mol. The molecule has 2 aliphatic rings. The van der Waals surface area contributed by atoms with Gasteiger partial charge in [-0.1, -0.05) is 0 Å². The number of piperidine rings is 1. The fraction of sp³-hybridized carbons (Fsp3) is 0.550. The molecule has 15 heteroatoms. The van der Waals surface area contributed by atoms with Crippen LogP contribution in [0.25, 0.3) is 0 Å². The first kappa shape index (κ1) is 24.9. The summed E-state index contributed by atoms with van der Waals surface area (Å²) in [4.78, 5) is 33.1. The molecule has 3 heterocycles. The number of anilines is 1. The monoisotopic (exact) mass is 506 g/mol. The number of fused-ring (bicyclic) bond motifs is 1. The molecule has 9 nitrogen and oxygen atoms in total. The summed E-state index contributed by atoms with van der Waals surface area (Å²) in [7, 11) is 0. The minimum atomic E-state index is -4.83. The van der Waals surface area contributed by atoms with Crippen molar-refractivity contribution in [2.75, 3.05) is 24.6 Å². The van der Waals surface area contributed by atoms with E-state index in [1.807, 2.05) is 5.10 Å². The van der Waals surface area contributed by atoms with Crippen LogP contribution in [-0.4, -0.2) is 51.9 Å². The average molecular weight is 506 g/mol. The van der Waals surface area contributed by atoms with E-state index in [1.165, 1.54) is 0 Å². The first-order valence-corrected chi connectivity index (χ1v) is 10.7. The molecule has 1 amide bonds. The molecule has 2 aromatic heterocycles. The molecule has 1 fully saturated rings. The van der Waals surface area contributed by atoms with Gasteiger partial charge in [0.2, 0.25) is 11.9 Å². The van der Waals surface area contributed by atoms with E-state index in [0.29, 0.717) is 25.9 Å². The van der Waals surface area contributed by atoms with Gasteiger partial charge >= 0.3 is 12.4 Å². The van der Waals surface area contributed by atoms with Crippen LogP contribution in [0.1, 0.15) is 47.7 Å². The van der Waals surface area contributed by atoms with Crippen LogP contribution in [0.4, 0.5) is 32.3 Å². The summed E-state index contributed by atoms with van der Waals surface area (Å²) in [5.41, 5.74) is -3.79. The van der Waals surface area contributed by atoms with E-state index in [0.717, 1.165) is 12.4 Å². The lowest BCUT2D eigenvalue weighted by Gasteiger charge is -2.31. The fourth-order valence-electron chi connectivity index (χ4n) is 4.19. The maximum Gasteiger partial charge on any atom is 0.422 e. The van der Waals surface area contributed by atoms with Crippen LogP contribution in [0.5, 0.6) is 0 Å². The zero-order chi connectivity index (χ0) is 25.4. The predicted molar refractivity (Wildman–Crippen MR) is 107 cm³/mol. The highest BCUT2D eigenvalue weighted by Crippen LogP contribution is 2.37. The van der Waals surface area contributed by atoms with Gasteiger partial charge < -0.3 is 15.0 Å². The Balaban J connectivity index is 1.27. The quantitative estimate of drug-likeness (QED) is 0.599. The van der Waals surface area contributed by atoms with Crippen molar-refractivity contribution >= 4 is 11.9 Å². The Kier molecular flexibility index (Phi) is 6.71. The Morgan fingerprint density at radius 2 is 1.74 bits per heavy atom. The molecule has 1 atom stereocenters. The number of nitrogens with zero attached hydrogens (tertiary/aromatic N) is 4. The lowest BCUT2D eigenvalue weighted by atomic mass is 10.1. The molecular formula is C20H20F6N6O3. The number of rotatable bonds is 5. The molecule has 2 N–H and O–H groups in total. The van der Waals surface area contributed by atoms with E-state index in [4.69, 9.17) is 4.74 Å². The Morgan fingerprint density at radius 1 is 1.09 bits per heavy atom. The van der Waals surface area contributed by atoms with Crippen molar-refractivity contribution in [3.05, 3.63) is 45.1 Å². The van der Waals surface area contributed by atoms with Crippen LogP contribution in [0.2, 0.25) is 0 Å². The van der Waals surface area contributed by atoms with E-state index in [1.54, 1.807) is 4.90 Å². The summed E-state index contributed by atoms with van der Waals surface area (Å²) >= 11 is 0. The third-order valence-electron chi connectivity index (χ3n) is 5.89. The Labute approximate surface area is 193 Å². The fourth-order valence-corrected chi connectivity index (χ4v) is 4.19. The van der Waals surface area contributed by atoms with Gasteiger partial charge in [-0.25, -0.2) is 15.1 Å². The van der Waals surface area contributed by atoms with Gasteiger partial charge in [0.15, 0.2) is 0 Å². The van der Waals surface area contributed by atoms with Gasteiger partial charge in [-0.15, -0.1) is 0 Å². The molecule has 1 saturated heterocycles. The van der Waals surface area contributed by atoms with Crippen LogP contribution in [-0.2, 0) is 28.3 Å². The number of hydrogen-bond acceptors (Lipinski definition) is 7. The van der Waals surface area contributed by atoms with Crippen molar-refractivity contribution in [1.82, 2.24) is 25.5 Å². The number of aromatic amines is 1. The zero-order valence-electron chi connectivity index (χ0n) is 18.0. The number of ether oxygens (including phenoxy) is 1. The normalized spacial score (nSPS) is 19.0. The van der Waals surface area contributed by atoms with E-state index < -0.39 is 41.0 Å². The molecule has 190 valence electrons. The third-order valence-corrected chi connectivity index (χ3v) is 5.89. The van der Waals surface area contributed by atoms with E-state index in [9.17, 15) is 35.9 Å². The topological polar surface area (TPSA) is 113 Å². The summed E-state index contributed by atoms with van der Waals surface area (Å²) in [6.45, 7) is 0.485. The van der Waals surface area contributed by atoms with Gasteiger partial charge in [0.25, 0.3) is 5.56 Å². The van der Waals surface area contributed by atoms with Gasteiger partial charge in [0.05, 0.1) is 23.4 Å². The first-order valence-electron chi connectivity index (χ1n) is 10.7. The Hall–Kier alpha value is -3.23. The first-order chi connectivity index (χ1) is 16.4. The van der Waals surface area contributed by atoms with Gasteiger partial charge in [-0.3, -0.25) is 9.59 Å². The maximum absolute atomic E-state index is 13.2. The number of halogens is 6. The van der Waals surface area contributed by atoms with Gasteiger partial charge in [0.1, 0.15) is 12.2 Å². The molecule has 1 unspecified atom stereocenters. The standard InChI is InChI=1S/C20H20F6N6O3/c21-19(22,23)10-7-27-18(28-8-10)32-5-3-11(4-6-32)35-9-14(33)29-13-2-1-12-15(20(24,25)26)17(34)31-30-16(12)13/h7-8,11,13H,1-6,9H2,(H,29,33)(H,31,34). The van der Waals surface area contributed by atoms with E-state index >= 15 is 0 Å². The molecule has 0 radical (unpaired) electrons. The molecule has 1 aliphatic carbocycles. The summed E-state index contributed by atoms with van der Waals surface area (Å²) in [5.74, 6) is -0.379. The summed E-state index contributed by atoms with van der Waals surface area (Å²) < 4.78 is 83.1. The summed E-state index contributed by atoms with van der Waals surface area (Å²) in [6, 6.07) is -0.780. The number of aromatic nitrogens is 4. The molecule has 2 aromatic rings. The van der Waals surface area contributed by atoms with Gasteiger partial charge in [0, 0.05) is 25.5 Å². The SMILES string of the molecule is O=C(COC1CCN(c2ncc(C(F)(F)F)cn2)CC1)NC1CCc2c1n[nH]c(=O)c2C(F)(F)F. The Bertz CT molecular complexity index is 1130. The highest BCUT2D eigenvalue weighted by Gasteiger charge is 2.41. The molecule has 4 rings (SSSR count). The van der Waals surface area contributed by atoms with Crippen LogP contribution in [0.3, 0.4) is 0 Å². The van der Waals surface area contributed by atoms with Crippen molar-refractivity contribution in [2.24, 2.45) is 0 Å². The summed E-state index contributed by atoms with van der Waals surface area (Å²) in [5, 5.41) is 8.13.